The third kappa shape index (κ3) is 3.00. The number of nitrogens with one attached hydrogen (secondary N) is 1. The van der Waals surface area contributed by atoms with Crippen LogP contribution in [0.1, 0.15) is 65.2 Å². The molecule has 0 aromatic heterocycles. The Kier molecular flexibility index (Phi) is 4.73. The maximum absolute atomic E-state index is 12.5. The van der Waals surface area contributed by atoms with Crippen LogP contribution in [-0.2, 0) is 4.79 Å². The van der Waals surface area contributed by atoms with Gasteiger partial charge in [-0.05, 0) is 43.4 Å². The van der Waals surface area contributed by atoms with Gasteiger partial charge in [0.05, 0.1) is 10.4 Å². The van der Waals surface area contributed by atoms with Crippen LogP contribution in [0.2, 0.25) is 0 Å². The fraction of sp³-hybridized carbons (Fsp3) is 0.875. The third-order valence-electron chi connectivity index (χ3n) is 5.24. The average Bonchev–Trinajstić information content (AvgIpc) is 2.72. The van der Waals surface area contributed by atoms with E-state index in [9.17, 15) is 4.79 Å². The first-order valence-corrected chi connectivity index (χ1v) is 8.39. The molecule has 0 unspecified atom stereocenters. The second-order valence-corrected chi connectivity index (χ2v) is 7.73. The van der Waals surface area contributed by atoms with Crippen molar-refractivity contribution >= 4 is 23.1 Å². The molecule has 0 aromatic rings. The lowest BCUT2D eigenvalue weighted by molar-refractivity contribution is -0.131. The highest BCUT2D eigenvalue weighted by molar-refractivity contribution is 7.80. The quantitative estimate of drug-likeness (QED) is 0.740. The molecule has 2 rings (SSSR count). The van der Waals surface area contributed by atoms with Gasteiger partial charge in [0.15, 0.2) is 0 Å². The fourth-order valence-corrected chi connectivity index (χ4v) is 4.29. The van der Waals surface area contributed by atoms with Gasteiger partial charge in [-0.2, -0.15) is 0 Å². The third-order valence-corrected chi connectivity index (χ3v) is 5.63. The van der Waals surface area contributed by atoms with Crippen LogP contribution < -0.4 is 11.1 Å². The summed E-state index contributed by atoms with van der Waals surface area (Å²) in [5, 5.41) is 3.19. The fourth-order valence-electron chi connectivity index (χ4n) is 4.00. The van der Waals surface area contributed by atoms with Crippen LogP contribution in [0, 0.1) is 16.7 Å². The van der Waals surface area contributed by atoms with Crippen molar-refractivity contribution in [1.29, 1.82) is 0 Å². The summed E-state index contributed by atoms with van der Waals surface area (Å²) in [5.74, 6) is 0.754. The number of amides is 1. The minimum Gasteiger partial charge on any atom is -0.392 e. The Labute approximate surface area is 128 Å². The zero-order valence-electron chi connectivity index (χ0n) is 12.8. The van der Waals surface area contributed by atoms with Crippen molar-refractivity contribution in [3.63, 3.8) is 0 Å². The molecule has 20 heavy (non-hydrogen) atoms. The molecular formula is C16H28N2OS. The molecule has 4 heteroatoms. The monoisotopic (exact) mass is 296 g/mol. The van der Waals surface area contributed by atoms with E-state index >= 15 is 0 Å². The molecule has 0 radical (unpaired) electrons. The molecule has 0 bridgehead atoms. The summed E-state index contributed by atoms with van der Waals surface area (Å²) in [6.45, 7) is 5.34. The molecule has 2 saturated carbocycles. The van der Waals surface area contributed by atoms with Crippen LogP contribution in [0.4, 0.5) is 0 Å². The minimum atomic E-state index is -0.535. The first-order chi connectivity index (χ1) is 9.40. The molecule has 114 valence electrons. The Balaban J connectivity index is 1.96. The highest BCUT2D eigenvalue weighted by Crippen LogP contribution is 2.44. The van der Waals surface area contributed by atoms with Crippen molar-refractivity contribution in [2.45, 2.75) is 65.2 Å². The molecule has 3 N–H and O–H groups in total. The van der Waals surface area contributed by atoms with Crippen LogP contribution in [-0.4, -0.2) is 17.4 Å². The maximum Gasteiger partial charge on any atom is 0.233 e. The van der Waals surface area contributed by atoms with Gasteiger partial charge in [-0.15, -0.1) is 0 Å². The van der Waals surface area contributed by atoms with Gasteiger partial charge >= 0.3 is 0 Å². The predicted octanol–water partition coefficient (Wildman–Crippen LogP) is 3.17. The molecule has 3 nitrogen and oxygen atoms in total. The lowest BCUT2D eigenvalue weighted by atomic mass is 9.67. The normalized spacial score (nSPS) is 23.4. The number of thiocarbonyl (C=S) groups is 1. The minimum absolute atomic E-state index is 0.0753. The van der Waals surface area contributed by atoms with Crippen molar-refractivity contribution in [2.24, 2.45) is 22.5 Å². The second kappa shape index (κ2) is 6.00. The average molecular weight is 296 g/mol. The van der Waals surface area contributed by atoms with E-state index in [2.05, 4.69) is 19.2 Å². The smallest absolute Gasteiger partial charge is 0.233 e. The summed E-state index contributed by atoms with van der Waals surface area (Å²) in [6, 6.07) is 0. The molecule has 1 amide bonds. The zero-order chi connectivity index (χ0) is 14.8. The lowest BCUT2D eigenvalue weighted by Crippen LogP contribution is -2.54. The Morgan fingerprint density at radius 3 is 2.20 bits per heavy atom. The van der Waals surface area contributed by atoms with Gasteiger partial charge in [0.1, 0.15) is 0 Å². The van der Waals surface area contributed by atoms with E-state index in [0.29, 0.717) is 16.3 Å². The molecule has 2 aliphatic rings. The number of carbonyl (C=O) groups excluding carboxylic acids is 1. The Morgan fingerprint density at radius 1 is 1.20 bits per heavy atom. The highest BCUT2D eigenvalue weighted by Gasteiger charge is 2.47. The first-order valence-electron chi connectivity index (χ1n) is 7.98. The molecule has 0 saturated heterocycles. The van der Waals surface area contributed by atoms with E-state index in [1.807, 2.05) is 0 Å². The highest BCUT2D eigenvalue weighted by atomic mass is 32.1. The summed E-state index contributed by atoms with van der Waals surface area (Å²) in [6.07, 6.45) is 8.98. The van der Waals surface area contributed by atoms with Gasteiger partial charge in [-0.1, -0.05) is 45.3 Å². The van der Waals surface area contributed by atoms with Crippen molar-refractivity contribution in [3.8, 4) is 0 Å². The van der Waals surface area contributed by atoms with Gasteiger partial charge in [0.2, 0.25) is 5.91 Å². The van der Waals surface area contributed by atoms with E-state index < -0.39 is 5.41 Å². The van der Waals surface area contributed by atoms with Gasteiger partial charge in [-0.25, -0.2) is 0 Å². The summed E-state index contributed by atoms with van der Waals surface area (Å²) >= 11 is 5.12. The van der Waals surface area contributed by atoms with Gasteiger partial charge in [0.25, 0.3) is 0 Å². The standard InChI is InChI=1S/C16H28N2OS/c1-12(2)10-15(6-3-4-7-15)11-18-14(19)16(13(17)20)8-5-9-16/h12H,3-11H2,1-2H3,(H2,17,20)(H,18,19). The van der Waals surface area contributed by atoms with Crippen molar-refractivity contribution in [2.75, 3.05) is 6.54 Å². The van der Waals surface area contributed by atoms with Crippen LogP contribution >= 0.6 is 12.2 Å². The Hall–Kier alpha value is -0.640. The number of carbonyl (C=O) groups is 1. The summed E-state index contributed by atoms with van der Waals surface area (Å²) in [5.41, 5.74) is 5.58. The largest absolute Gasteiger partial charge is 0.392 e. The molecular weight excluding hydrogens is 268 g/mol. The molecule has 0 atom stereocenters. The van der Waals surface area contributed by atoms with Gasteiger partial charge < -0.3 is 11.1 Å². The lowest BCUT2D eigenvalue weighted by Gasteiger charge is -2.40. The topological polar surface area (TPSA) is 55.1 Å². The number of hydrogen-bond acceptors (Lipinski definition) is 2. The molecule has 0 aliphatic heterocycles. The van der Waals surface area contributed by atoms with E-state index in [4.69, 9.17) is 18.0 Å². The van der Waals surface area contributed by atoms with E-state index in [0.717, 1.165) is 25.8 Å². The molecule has 0 aromatic carbocycles. The summed E-state index contributed by atoms with van der Waals surface area (Å²) in [7, 11) is 0. The Bertz CT molecular complexity index is 382. The van der Waals surface area contributed by atoms with E-state index in [1.165, 1.54) is 32.1 Å². The van der Waals surface area contributed by atoms with Crippen LogP contribution in [0.25, 0.3) is 0 Å². The summed E-state index contributed by atoms with van der Waals surface area (Å²) in [4.78, 5) is 12.9. The number of nitrogens with two attached hydrogens (primary N) is 1. The molecule has 0 spiro atoms. The maximum atomic E-state index is 12.5. The zero-order valence-corrected chi connectivity index (χ0v) is 13.7. The van der Waals surface area contributed by atoms with Crippen LogP contribution in [0.15, 0.2) is 0 Å². The van der Waals surface area contributed by atoms with Crippen LogP contribution in [0.5, 0.6) is 0 Å². The second-order valence-electron chi connectivity index (χ2n) is 7.29. The van der Waals surface area contributed by atoms with Gasteiger partial charge in [0, 0.05) is 6.54 Å². The molecule has 0 heterocycles. The van der Waals surface area contributed by atoms with Crippen molar-refractivity contribution in [3.05, 3.63) is 0 Å². The number of hydrogen-bond donors (Lipinski definition) is 2. The van der Waals surface area contributed by atoms with Crippen LogP contribution in [0.3, 0.4) is 0 Å². The SMILES string of the molecule is CC(C)CC1(CNC(=O)C2(C(N)=S)CCC2)CCCC1. The van der Waals surface area contributed by atoms with E-state index in [1.54, 1.807) is 0 Å². The number of rotatable bonds is 6. The van der Waals surface area contributed by atoms with Crippen molar-refractivity contribution < 1.29 is 4.79 Å². The molecule has 2 aliphatic carbocycles. The molecule has 2 fully saturated rings. The van der Waals surface area contributed by atoms with Gasteiger partial charge in [-0.3, -0.25) is 4.79 Å². The summed E-state index contributed by atoms with van der Waals surface area (Å²) < 4.78 is 0. The predicted molar refractivity (Wildman–Crippen MR) is 86.4 cm³/mol. The van der Waals surface area contributed by atoms with Crippen molar-refractivity contribution in [1.82, 2.24) is 5.32 Å². The van der Waals surface area contributed by atoms with E-state index in [-0.39, 0.29) is 5.91 Å². The Morgan fingerprint density at radius 2 is 1.80 bits per heavy atom. The first kappa shape index (κ1) is 15.7.